The van der Waals surface area contributed by atoms with Crippen molar-refractivity contribution in [1.82, 2.24) is 4.90 Å². The molecule has 9 nitrogen and oxygen atoms in total. The largest absolute Gasteiger partial charge is 0.497 e. The van der Waals surface area contributed by atoms with E-state index in [-0.39, 0.29) is 30.2 Å². The SMILES string of the molecule is [3H]C([3H])([3H])Oc1cccc(N2CCN(c3cccc(C[C@H](C(=O)OC(C)(C)C)[C@H]4CCN(C(=O)O)C4)c3)C2=O)c1. The van der Waals surface area contributed by atoms with Crippen LogP contribution in [-0.4, -0.2) is 66.9 Å². The van der Waals surface area contributed by atoms with Gasteiger partial charge in [0.15, 0.2) is 0 Å². The number of amides is 3. The molecule has 2 atom stereocenters. The Kier molecular flexibility index (Phi) is 6.49. The van der Waals surface area contributed by atoms with E-state index in [1.807, 2.05) is 24.3 Å². The van der Waals surface area contributed by atoms with Gasteiger partial charge in [0.05, 0.1) is 17.1 Å². The average Bonchev–Trinajstić information content (AvgIpc) is 3.48. The number of benzene rings is 2. The third-order valence-corrected chi connectivity index (χ3v) is 6.71. The van der Waals surface area contributed by atoms with Crippen LogP contribution in [0.5, 0.6) is 5.75 Å². The number of carboxylic acid groups (broad SMARTS) is 1. The lowest BCUT2D eigenvalue weighted by molar-refractivity contribution is -0.161. The van der Waals surface area contributed by atoms with Crippen molar-refractivity contribution in [1.29, 1.82) is 0 Å². The van der Waals surface area contributed by atoms with Gasteiger partial charge in [-0.25, -0.2) is 9.59 Å². The van der Waals surface area contributed by atoms with Gasteiger partial charge in [0.1, 0.15) is 11.4 Å². The molecule has 3 amide bonds. The Morgan fingerprint density at radius 1 is 1.08 bits per heavy atom. The lowest BCUT2D eigenvalue weighted by Crippen LogP contribution is -2.36. The quantitative estimate of drug-likeness (QED) is 0.539. The number of hydrogen-bond acceptors (Lipinski definition) is 5. The van der Waals surface area contributed by atoms with E-state index in [1.54, 1.807) is 42.7 Å². The highest BCUT2D eigenvalue weighted by molar-refractivity contribution is 6.06. The molecule has 37 heavy (non-hydrogen) atoms. The van der Waals surface area contributed by atoms with E-state index < -0.39 is 24.7 Å². The van der Waals surface area contributed by atoms with Crippen LogP contribution >= 0.6 is 0 Å². The molecule has 0 radical (unpaired) electrons. The lowest BCUT2D eigenvalue weighted by Gasteiger charge is -2.27. The Hall–Kier alpha value is -3.75. The van der Waals surface area contributed by atoms with Crippen molar-refractivity contribution in [3.8, 4) is 5.75 Å². The first kappa shape index (κ1) is 22.4. The van der Waals surface area contributed by atoms with Crippen LogP contribution in [0.15, 0.2) is 48.5 Å². The summed E-state index contributed by atoms with van der Waals surface area (Å²) in [6, 6.07) is 13.6. The van der Waals surface area contributed by atoms with Crippen LogP contribution in [-0.2, 0) is 16.0 Å². The first-order chi connectivity index (χ1) is 18.7. The minimum atomic E-state index is -2.60. The van der Waals surface area contributed by atoms with E-state index in [4.69, 9.17) is 13.6 Å². The van der Waals surface area contributed by atoms with Crippen LogP contribution in [0.25, 0.3) is 0 Å². The van der Waals surface area contributed by atoms with Crippen molar-refractivity contribution in [3.05, 3.63) is 54.1 Å². The summed E-state index contributed by atoms with van der Waals surface area (Å²) in [7, 11) is -2.60. The monoisotopic (exact) mass is 515 g/mol. The maximum absolute atomic E-state index is 13.4. The van der Waals surface area contributed by atoms with Gasteiger partial charge in [-0.15, -0.1) is 0 Å². The second-order valence-corrected chi connectivity index (χ2v) is 10.5. The zero-order valence-corrected chi connectivity index (χ0v) is 21.3. The molecule has 0 unspecified atom stereocenters. The molecular formula is C28H35N3O6. The second-order valence-electron chi connectivity index (χ2n) is 10.5. The fourth-order valence-electron chi connectivity index (χ4n) is 4.95. The summed E-state index contributed by atoms with van der Waals surface area (Å²) < 4.78 is 32.7. The molecule has 2 heterocycles. The van der Waals surface area contributed by atoms with Crippen molar-refractivity contribution in [2.75, 3.05) is 43.0 Å². The predicted molar refractivity (Wildman–Crippen MR) is 140 cm³/mol. The molecule has 2 fully saturated rings. The summed E-state index contributed by atoms with van der Waals surface area (Å²) in [5.74, 6) is -0.932. The Balaban J connectivity index is 1.52. The molecule has 2 aliphatic heterocycles. The molecule has 9 heteroatoms. The van der Waals surface area contributed by atoms with E-state index in [0.717, 1.165) is 5.56 Å². The summed E-state index contributed by atoms with van der Waals surface area (Å²) in [6.45, 7) is 6.86. The first-order valence-electron chi connectivity index (χ1n) is 13.9. The number of likely N-dealkylation sites (tertiary alicyclic amines) is 1. The maximum atomic E-state index is 13.4. The molecule has 198 valence electrons. The van der Waals surface area contributed by atoms with Gasteiger partial charge < -0.3 is 19.5 Å². The zero-order chi connectivity index (χ0) is 29.2. The number of carbonyl (C=O) groups excluding carboxylic acids is 2. The van der Waals surface area contributed by atoms with Crippen LogP contribution in [0, 0.1) is 11.8 Å². The molecule has 0 aromatic heterocycles. The Labute approximate surface area is 221 Å². The van der Waals surface area contributed by atoms with Crippen molar-refractivity contribution in [2.24, 2.45) is 11.8 Å². The molecule has 2 saturated heterocycles. The van der Waals surface area contributed by atoms with Crippen molar-refractivity contribution in [3.63, 3.8) is 0 Å². The van der Waals surface area contributed by atoms with Crippen LogP contribution in [0.4, 0.5) is 21.0 Å². The van der Waals surface area contributed by atoms with Crippen LogP contribution < -0.4 is 14.5 Å². The topological polar surface area (TPSA) is 99.6 Å². The number of nitrogens with zero attached hydrogens (tertiary/aromatic N) is 3. The molecule has 0 saturated carbocycles. The third-order valence-electron chi connectivity index (χ3n) is 6.71. The summed E-state index contributed by atoms with van der Waals surface area (Å²) in [4.78, 5) is 42.6. The highest BCUT2D eigenvalue weighted by atomic mass is 16.6. The number of methoxy groups -OCH3 is 1. The van der Waals surface area contributed by atoms with Gasteiger partial charge in [-0.2, -0.15) is 0 Å². The van der Waals surface area contributed by atoms with E-state index in [2.05, 4.69) is 0 Å². The van der Waals surface area contributed by atoms with Gasteiger partial charge in [-0.3, -0.25) is 14.6 Å². The molecule has 4 rings (SSSR count). The Bertz CT molecular complexity index is 1260. The minimum absolute atomic E-state index is 0.146. The number of urea groups is 1. The van der Waals surface area contributed by atoms with Crippen LogP contribution in [0.3, 0.4) is 0 Å². The van der Waals surface area contributed by atoms with Gasteiger partial charge in [-0.05, 0) is 69.4 Å². The van der Waals surface area contributed by atoms with E-state index >= 15 is 0 Å². The zero-order valence-electron chi connectivity index (χ0n) is 24.3. The normalized spacial score (nSPS) is 20.3. The molecule has 2 aromatic carbocycles. The van der Waals surface area contributed by atoms with E-state index in [0.29, 0.717) is 43.9 Å². The fraction of sp³-hybridized carbons (Fsp3) is 0.464. The molecule has 2 aliphatic rings. The highest BCUT2D eigenvalue weighted by Crippen LogP contribution is 2.32. The van der Waals surface area contributed by atoms with Crippen LogP contribution in [0.1, 0.15) is 36.9 Å². The van der Waals surface area contributed by atoms with E-state index in [9.17, 15) is 19.5 Å². The Morgan fingerprint density at radius 3 is 2.38 bits per heavy atom. The summed E-state index contributed by atoms with van der Waals surface area (Å²) in [5, 5.41) is 9.42. The minimum Gasteiger partial charge on any atom is -0.497 e. The number of anilines is 2. The van der Waals surface area contributed by atoms with Crippen molar-refractivity contribution in [2.45, 2.75) is 39.2 Å². The average molecular weight is 516 g/mol. The van der Waals surface area contributed by atoms with E-state index in [1.165, 1.54) is 17.0 Å². The predicted octanol–water partition coefficient (Wildman–Crippen LogP) is 4.64. The van der Waals surface area contributed by atoms with Crippen LogP contribution in [0.2, 0.25) is 0 Å². The van der Waals surface area contributed by atoms with Gasteiger partial charge in [0.25, 0.3) is 0 Å². The molecular weight excluding hydrogens is 474 g/mol. The van der Waals surface area contributed by atoms with Crippen molar-refractivity contribution < 1.29 is 33.1 Å². The van der Waals surface area contributed by atoms with Crippen molar-refractivity contribution >= 4 is 29.5 Å². The summed E-state index contributed by atoms with van der Waals surface area (Å²) in [5.41, 5.74) is 1.35. The summed E-state index contributed by atoms with van der Waals surface area (Å²) in [6.07, 6.45) is -0.0821. The smallest absolute Gasteiger partial charge is 0.407 e. The second kappa shape index (κ2) is 10.7. The van der Waals surface area contributed by atoms with Gasteiger partial charge in [0, 0.05) is 43.6 Å². The standard InChI is InChI=1S/C28H35N3O6/c1-28(2,3)37-25(32)24(20-11-12-29(18-20)27(34)35)16-19-7-5-8-21(15-19)30-13-14-31(26(30)33)22-9-6-10-23(17-22)36-4/h5-10,15,17,20,24H,11-14,16,18H2,1-4H3,(H,34,35)/t20-,24-/m0/s1/i4T3. The fourth-order valence-corrected chi connectivity index (χ4v) is 4.95. The molecule has 0 bridgehead atoms. The third kappa shape index (κ3) is 6.15. The van der Waals surface area contributed by atoms with Gasteiger partial charge >= 0.3 is 18.1 Å². The van der Waals surface area contributed by atoms with Gasteiger partial charge in [0.2, 0.25) is 0 Å². The molecule has 2 aromatic rings. The highest BCUT2D eigenvalue weighted by Gasteiger charge is 2.38. The Morgan fingerprint density at radius 2 is 1.76 bits per heavy atom. The number of carbonyl (C=O) groups is 3. The molecule has 0 spiro atoms. The van der Waals surface area contributed by atoms with Gasteiger partial charge in [-0.1, -0.05) is 18.2 Å². The first-order valence-corrected chi connectivity index (χ1v) is 12.4. The lowest BCUT2D eigenvalue weighted by atomic mass is 9.86. The molecule has 0 aliphatic carbocycles. The number of hydrogen-bond donors (Lipinski definition) is 1. The summed E-state index contributed by atoms with van der Waals surface area (Å²) >= 11 is 0. The molecule has 1 N–H and O–H groups in total. The maximum Gasteiger partial charge on any atom is 0.407 e. The number of esters is 1. The number of ether oxygens (including phenoxy) is 2. The number of rotatable bonds is 7.